The number of rotatable bonds is 4. The van der Waals surface area contributed by atoms with Gasteiger partial charge in [-0.05, 0) is 51.0 Å². The van der Waals surface area contributed by atoms with Crippen molar-refractivity contribution >= 4 is 29.1 Å². The third kappa shape index (κ3) is 8.23. The fourth-order valence-corrected chi connectivity index (χ4v) is 6.53. The summed E-state index contributed by atoms with van der Waals surface area (Å²) in [6.07, 6.45) is -2.02. The first-order chi connectivity index (χ1) is 21.0. The quantitative estimate of drug-likeness (QED) is 0.277. The van der Waals surface area contributed by atoms with Crippen molar-refractivity contribution in [2.45, 2.75) is 111 Å². The Hall–Kier alpha value is -3.02. The number of Topliss-reactive ketones (excluding diaryl/α,β-unsaturated/α-hetero) is 1. The highest BCUT2D eigenvalue weighted by Crippen LogP contribution is 2.40. The third-order valence-corrected chi connectivity index (χ3v) is 9.51. The van der Waals surface area contributed by atoms with Gasteiger partial charge in [0, 0.05) is 24.5 Å². The number of amides is 1. The molecule has 1 aromatic rings. The summed E-state index contributed by atoms with van der Waals surface area (Å²) < 4.78 is 34.6. The number of nitrogens with zero attached hydrogens (tertiary/aromatic N) is 2. The van der Waals surface area contributed by atoms with Gasteiger partial charge in [-0.2, -0.15) is 0 Å². The summed E-state index contributed by atoms with van der Waals surface area (Å²) in [5.74, 6) is -5.43. The largest absolute Gasteiger partial charge is 0.457 e. The molecule has 3 rings (SSSR count). The van der Waals surface area contributed by atoms with Crippen LogP contribution in [0.25, 0.3) is 0 Å². The van der Waals surface area contributed by atoms with Gasteiger partial charge in [-0.1, -0.05) is 70.1 Å². The number of ether oxygens (including phenoxy) is 3. The molecular formula is C34H49FN2O8. The fourth-order valence-electron chi connectivity index (χ4n) is 6.53. The molecule has 0 radical (unpaired) electrons. The third-order valence-electron chi connectivity index (χ3n) is 9.51. The molecule has 1 N–H and O–H groups in total. The minimum atomic E-state index is -2.98. The molecule has 1 aromatic carbocycles. The number of cyclic esters (lactones) is 1. The maximum Gasteiger partial charge on any atom is 0.351 e. The molecular weight excluding hydrogens is 583 g/mol. The zero-order valence-electron chi connectivity index (χ0n) is 28.0. The number of fused-ring (bicyclic) bond motifs is 5. The highest BCUT2D eigenvalue weighted by molar-refractivity contribution is 6.07. The van der Waals surface area contributed by atoms with Gasteiger partial charge in [0.2, 0.25) is 5.91 Å². The minimum absolute atomic E-state index is 0.0643. The number of aliphatic imine (C=N–C) groups is 1. The van der Waals surface area contributed by atoms with E-state index < -0.39 is 70.4 Å². The van der Waals surface area contributed by atoms with Crippen molar-refractivity contribution in [2.24, 2.45) is 33.8 Å². The Bertz CT molecular complexity index is 1280. The van der Waals surface area contributed by atoms with Gasteiger partial charge >= 0.3 is 5.97 Å². The van der Waals surface area contributed by atoms with E-state index in [1.807, 2.05) is 44.2 Å². The highest BCUT2D eigenvalue weighted by atomic mass is 19.1. The van der Waals surface area contributed by atoms with Crippen molar-refractivity contribution in [1.29, 1.82) is 0 Å². The number of hydrogen-bond donors (Lipinski definition) is 1. The molecule has 2 heterocycles. The number of esters is 1. The van der Waals surface area contributed by atoms with Crippen LogP contribution >= 0.6 is 0 Å². The lowest BCUT2D eigenvalue weighted by molar-refractivity contribution is -0.198. The van der Waals surface area contributed by atoms with Gasteiger partial charge in [-0.15, -0.1) is 0 Å². The summed E-state index contributed by atoms with van der Waals surface area (Å²) in [5.41, 5.74) is -4.26. The zero-order valence-corrected chi connectivity index (χ0v) is 28.0. The Morgan fingerprint density at radius 2 is 1.71 bits per heavy atom. The summed E-state index contributed by atoms with van der Waals surface area (Å²) >= 11 is 0. The summed E-state index contributed by atoms with van der Waals surface area (Å²) in [4.78, 5) is 49.3. The van der Waals surface area contributed by atoms with Crippen LogP contribution in [-0.4, -0.2) is 76.5 Å². The van der Waals surface area contributed by atoms with Gasteiger partial charge in [0.05, 0.1) is 24.9 Å². The molecule has 2 aliphatic heterocycles. The average Bonchev–Trinajstić information content (AvgIpc) is 3.00. The van der Waals surface area contributed by atoms with Gasteiger partial charge in [0.25, 0.3) is 5.67 Å². The first-order valence-corrected chi connectivity index (χ1v) is 15.7. The highest BCUT2D eigenvalue weighted by Gasteiger charge is 2.54. The standard InChI is InChI=1S/C34H49FN2O8/c1-10-27-34(9,41)30-22(4)28(36-24(6)38)20(2)16-32(7,23(5)21(3)29(39)33(8,35)31(40)45-27)43-19-26(18-42-30)37-44-17-25-14-12-11-13-15-25/h11-15,20-23,27,30,41H,10,16-19H2,1-9H3/b36-28?,37-26-/t20-,21-,22+,23-,27-,30-,32-,33+,34-/m1/s1. The van der Waals surface area contributed by atoms with Crippen LogP contribution in [0.3, 0.4) is 0 Å². The Morgan fingerprint density at radius 3 is 2.31 bits per heavy atom. The molecule has 9 atom stereocenters. The van der Waals surface area contributed by atoms with Crippen LogP contribution in [0.5, 0.6) is 0 Å². The molecule has 2 bridgehead atoms. The second kappa shape index (κ2) is 14.6. The van der Waals surface area contributed by atoms with Crippen molar-refractivity contribution < 1.29 is 42.9 Å². The van der Waals surface area contributed by atoms with Crippen LogP contribution in [0.1, 0.15) is 80.7 Å². The summed E-state index contributed by atoms with van der Waals surface area (Å²) in [6.45, 7) is 14.2. The van der Waals surface area contributed by atoms with E-state index in [-0.39, 0.29) is 32.7 Å². The second-order valence-electron chi connectivity index (χ2n) is 13.2. The van der Waals surface area contributed by atoms with E-state index in [4.69, 9.17) is 19.0 Å². The Morgan fingerprint density at radius 1 is 1.07 bits per heavy atom. The van der Waals surface area contributed by atoms with Crippen LogP contribution in [-0.2, 0) is 40.0 Å². The molecule has 45 heavy (non-hydrogen) atoms. The smallest absolute Gasteiger partial charge is 0.351 e. The van der Waals surface area contributed by atoms with E-state index >= 15 is 4.39 Å². The zero-order chi connectivity index (χ0) is 33.7. The molecule has 2 saturated heterocycles. The van der Waals surface area contributed by atoms with Gasteiger partial charge in [0.1, 0.15) is 24.0 Å². The van der Waals surface area contributed by atoms with E-state index in [9.17, 15) is 19.5 Å². The number of benzene rings is 1. The first-order valence-electron chi connectivity index (χ1n) is 15.7. The molecule has 1 amide bonds. The number of carbonyl (C=O) groups is 3. The van der Waals surface area contributed by atoms with Crippen LogP contribution in [0.2, 0.25) is 0 Å². The van der Waals surface area contributed by atoms with E-state index in [1.165, 1.54) is 13.8 Å². The van der Waals surface area contributed by atoms with E-state index in [2.05, 4.69) is 10.1 Å². The Labute approximate surface area is 265 Å². The van der Waals surface area contributed by atoms with E-state index in [0.29, 0.717) is 11.4 Å². The number of alkyl halides is 1. The number of oxime groups is 1. The monoisotopic (exact) mass is 632 g/mol. The number of hydrogen-bond acceptors (Lipinski definition) is 9. The molecule has 0 aliphatic carbocycles. The number of carbonyl (C=O) groups excluding carboxylic acids is 3. The normalized spacial score (nSPS) is 39.0. The molecule has 2 aliphatic rings. The van der Waals surface area contributed by atoms with E-state index in [1.54, 1.807) is 27.7 Å². The minimum Gasteiger partial charge on any atom is -0.457 e. The second-order valence-corrected chi connectivity index (χ2v) is 13.2. The van der Waals surface area contributed by atoms with Crippen molar-refractivity contribution in [3.8, 4) is 0 Å². The fraction of sp³-hybridized carbons (Fsp3) is 0.676. The predicted molar refractivity (Wildman–Crippen MR) is 167 cm³/mol. The van der Waals surface area contributed by atoms with Crippen LogP contribution < -0.4 is 0 Å². The topological polar surface area (TPSA) is 133 Å². The van der Waals surface area contributed by atoms with Gasteiger partial charge < -0.3 is 24.2 Å². The SMILES string of the molecule is CC[C@H]1OC(=O)[C@@](C)(F)C(=O)[C@H](C)[C@@H](C)[C@@]2(C)C[C@@H](C)C(=NC(C)=O)[C@H](C)[C@@H](OC/C(=N/OCc3ccccc3)CO2)[C@]1(C)O. The summed E-state index contributed by atoms with van der Waals surface area (Å²) in [7, 11) is 0. The average molecular weight is 633 g/mol. The summed E-state index contributed by atoms with van der Waals surface area (Å²) in [5, 5.41) is 16.4. The maximum absolute atomic E-state index is 16.1. The lowest BCUT2D eigenvalue weighted by atomic mass is 9.70. The van der Waals surface area contributed by atoms with Crippen LogP contribution in [0.4, 0.5) is 4.39 Å². The summed E-state index contributed by atoms with van der Waals surface area (Å²) in [6, 6.07) is 9.49. The lowest BCUT2D eigenvalue weighted by Gasteiger charge is -2.44. The number of halogens is 1. The lowest BCUT2D eigenvalue weighted by Crippen LogP contribution is -2.59. The van der Waals surface area contributed by atoms with Crippen LogP contribution in [0.15, 0.2) is 40.5 Å². The maximum atomic E-state index is 16.1. The van der Waals surface area contributed by atoms with Crippen LogP contribution in [0, 0.1) is 23.7 Å². The van der Waals surface area contributed by atoms with Crippen molar-refractivity contribution in [2.75, 3.05) is 13.2 Å². The molecule has 0 unspecified atom stereocenters. The van der Waals surface area contributed by atoms with E-state index in [0.717, 1.165) is 12.5 Å². The number of ketones is 1. The Kier molecular flexibility index (Phi) is 11.8. The van der Waals surface area contributed by atoms with Crippen molar-refractivity contribution in [1.82, 2.24) is 0 Å². The van der Waals surface area contributed by atoms with Gasteiger partial charge in [0.15, 0.2) is 5.78 Å². The van der Waals surface area contributed by atoms with Gasteiger partial charge in [-0.3, -0.25) is 9.59 Å². The van der Waals surface area contributed by atoms with Gasteiger partial charge in [-0.25, -0.2) is 14.2 Å². The molecule has 250 valence electrons. The Balaban J connectivity index is 2.24. The number of aliphatic hydroxyl groups is 1. The van der Waals surface area contributed by atoms with Crippen molar-refractivity contribution in [3.05, 3.63) is 35.9 Å². The molecule has 11 heteroatoms. The molecule has 10 nitrogen and oxygen atoms in total. The molecule has 0 spiro atoms. The molecule has 0 saturated carbocycles. The predicted octanol–water partition coefficient (Wildman–Crippen LogP) is 5.04. The molecule has 2 fully saturated rings. The molecule has 0 aromatic heterocycles. The first kappa shape index (κ1) is 36.4. The van der Waals surface area contributed by atoms with Crippen molar-refractivity contribution in [3.63, 3.8) is 0 Å².